The predicted molar refractivity (Wildman–Crippen MR) is 87.2 cm³/mol. The summed E-state index contributed by atoms with van der Waals surface area (Å²) in [6.45, 7) is 11.3. The van der Waals surface area contributed by atoms with Gasteiger partial charge in [-0.1, -0.05) is 17.7 Å². The highest BCUT2D eigenvalue weighted by molar-refractivity contribution is 5.87. The van der Waals surface area contributed by atoms with Gasteiger partial charge in [0.05, 0.1) is 6.54 Å². The lowest BCUT2D eigenvalue weighted by Crippen LogP contribution is -2.27. The molecule has 22 heavy (non-hydrogen) atoms. The van der Waals surface area contributed by atoms with Crippen molar-refractivity contribution in [1.29, 1.82) is 0 Å². The normalized spacial score (nSPS) is 10.3. The van der Waals surface area contributed by atoms with Crippen molar-refractivity contribution in [3.05, 3.63) is 28.8 Å². The summed E-state index contributed by atoms with van der Waals surface area (Å²) in [4.78, 5) is 20.9. The van der Waals surface area contributed by atoms with Crippen LogP contribution in [-0.2, 0) is 9.53 Å². The van der Waals surface area contributed by atoms with Crippen molar-refractivity contribution >= 4 is 17.7 Å². The van der Waals surface area contributed by atoms with Gasteiger partial charge in [0.15, 0.2) is 0 Å². The summed E-state index contributed by atoms with van der Waals surface area (Å²) in [6.07, 6.45) is -0.410. The average molecular weight is 310 g/mol. The van der Waals surface area contributed by atoms with Gasteiger partial charge in [-0.2, -0.15) is 0 Å². The number of ether oxygens (including phenoxy) is 1. The summed E-state index contributed by atoms with van der Waals surface area (Å²) in [7, 11) is 0. The predicted octanol–water partition coefficient (Wildman–Crippen LogP) is 2.99. The van der Waals surface area contributed by atoms with Crippen LogP contribution in [0.3, 0.4) is 0 Å². The van der Waals surface area contributed by atoms with Gasteiger partial charge in [0, 0.05) is 5.69 Å². The summed E-state index contributed by atoms with van der Waals surface area (Å²) in [5, 5.41) is 10.4. The Morgan fingerprint density at radius 3 is 1.91 bits per heavy atom. The fourth-order valence-corrected chi connectivity index (χ4v) is 1.78. The Bertz CT molecular complexity index is 510. The van der Waals surface area contributed by atoms with Gasteiger partial charge >= 0.3 is 12.1 Å². The zero-order chi connectivity index (χ0) is 17.5. The maximum atomic E-state index is 11.7. The number of nitrogens with one attached hydrogen (secondary N) is 1. The number of aryl methyl sites for hydroxylation is 3. The third kappa shape index (κ3) is 8.26. The number of carbonyl (C=O) groups is 2. The zero-order valence-corrected chi connectivity index (χ0v) is 14.1. The quantitative estimate of drug-likeness (QED) is 0.779. The van der Waals surface area contributed by atoms with E-state index >= 15 is 0 Å². The summed E-state index contributed by atoms with van der Waals surface area (Å²) >= 11 is 0. The minimum atomic E-state index is -0.968. The van der Waals surface area contributed by atoms with E-state index in [0.29, 0.717) is 0 Å². The van der Waals surface area contributed by atoms with Crippen LogP contribution in [0.2, 0.25) is 0 Å². The average Bonchev–Trinajstić information content (AvgIpc) is 2.32. The van der Waals surface area contributed by atoms with Crippen LogP contribution in [0.5, 0.6) is 0 Å². The summed E-state index contributed by atoms with van der Waals surface area (Å²) in [5.74, 6) is -0.968. The van der Waals surface area contributed by atoms with Crippen LogP contribution < -0.4 is 11.1 Å². The van der Waals surface area contributed by atoms with Gasteiger partial charge in [-0.25, -0.2) is 4.79 Å². The highest BCUT2D eigenvalue weighted by Gasteiger charge is 2.17. The number of anilines is 1. The van der Waals surface area contributed by atoms with Crippen LogP contribution in [0.15, 0.2) is 12.1 Å². The molecule has 0 aliphatic heterocycles. The Labute approximate surface area is 131 Å². The van der Waals surface area contributed by atoms with Crippen LogP contribution in [0.25, 0.3) is 0 Å². The van der Waals surface area contributed by atoms with E-state index in [1.54, 1.807) is 0 Å². The molecule has 6 heteroatoms. The molecule has 4 N–H and O–H groups in total. The van der Waals surface area contributed by atoms with Gasteiger partial charge in [-0.15, -0.1) is 0 Å². The molecule has 124 valence electrons. The Hall–Kier alpha value is -2.08. The maximum Gasteiger partial charge on any atom is 0.412 e. The van der Waals surface area contributed by atoms with Crippen molar-refractivity contribution in [2.24, 2.45) is 5.73 Å². The second-order valence-corrected chi connectivity index (χ2v) is 6.00. The van der Waals surface area contributed by atoms with Crippen LogP contribution in [0.4, 0.5) is 10.5 Å². The van der Waals surface area contributed by atoms with Crippen LogP contribution in [-0.4, -0.2) is 29.3 Å². The first-order valence-corrected chi connectivity index (χ1v) is 6.96. The molecule has 1 aromatic rings. The molecule has 0 atom stereocenters. The Morgan fingerprint density at radius 1 is 1.18 bits per heavy atom. The van der Waals surface area contributed by atoms with Crippen LogP contribution >= 0.6 is 0 Å². The van der Waals surface area contributed by atoms with Crippen molar-refractivity contribution in [2.75, 3.05) is 11.9 Å². The number of carboxylic acids is 1. The standard InChI is InChI=1S/C14H21NO2.C2H5NO2/c1-9-7-10(2)12(11(3)8-9)15-13(16)17-14(4,5)6;3-1-2(4)5/h7-8H,1-6H3,(H,15,16);1,3H2,(H,4,5). The van der Waals surface area contributed by atoms with E-state index in [1.165, 1.54) is 5.56 Å². The number of benzene rings is 1. The summed E-state index contributed by atoms with van der Waals surface area (Å²) < 4.78 is 5.23. The molecule has 0 unspecified atom stereocenters. The van der Waals surface area contributed by atoms with Gasteiger partial charge in [0.25, 0.3) is 0 Å². The molecule has 0 aliphatic carbocycles. The van der Waals surface area contributed by atoms with Crippen molar-refractivity contribution < 1.29 is 19.4 Å². The molecule has 1 rings (SSSR count). The number of rotatable bonds is 2. The molecule has 1 amide bonds. The van der Waals surface area contributed by atoms with Crippen LogP contribution in [0.1, 0.15) is 37.5 Å². The van der Waals surface area contributed by atoms with E-state index in [-0.39, 0.29) is 6.54 Å². The Kier molecular flexibility index (Phi) is 7.59. The molecule has 0 spiro atoms. The minimum Gasteiger partial charge on any atom is -0.480 e. The lowest BCUT2D eigenvalue weighted by molar-refractivity contribution is -0.135. The van der Waals surface area contributed by atoms with E-state index in [2.05, 4.69) is 11.1 Å². The maximum absolute atomic E-state index is 11.7. The second-order valence-electron chi connectivity index (χ2n) is 6.00. The molecule has 0 bridgehead atoms. The highest BCUT2D eigenvalue weighted by atomic mass is 16.6. The van der Waals surface area contributed by atoms with Crippen molar-refractivity contribution in [3.8, 4) is 0 Å². The third-order valence-electron chi connectivity index (χ3n) is 2.48. The number of nitrogens with two attached hydrogens (primary N) is 1. The summed E-state index contributed by atoms with van der Waals surface area (Å²) in [6, 6.07) is 4.08. The van der Waals surface area contributed by atoms with Crippen molar-refractivity contribution in [3.63, 3.8) is 0 Å². The Balaban J connectivity index is 0.000000763. The molecule has 1 aromatic carbocycles. The number of amides is 1. The number of aliphatic carboxylic acids is 1. The monoisotopic (exact) mass is 310 g/mol. The van der Waals surface area contributed by atoms with Crippen molar-refractivity contribution in [1.82, 2.24) is 0 Å². The first kappa shape index (κ1) is 19.9. The van der Waals surface area contributed by atoms with Gasteiger partial charge < -0.3 is 15.6 Å². The van der Waals surface area contributed by atoms with E-state index in [9.17, 15) is 9.59 Å². The second kappa shape index (κ2) is 8.38. The molecule has 6 nitrogen and oxygen atoms in total. The van der Waals surface area contributed by atoms with Gasteiger partial charge in [0.2, 0.25) is 0 Å². The highest BCUT2D eigenvalue weighted by Crippen LogP contribution is 2.22. The molecule has 0 saturated carbocycles. The van der Waals surface area contributed by atoms with E-state index in [0.717, 1.165) is 16.8 Å². The molecule has 0 saturated heterocycles. The number of carbonyl (C=O) groups excluding carboxylic acids is 1. The van der Waals surface area contributed by atoms with E-state index in [1.807, 2.05) is 53.7 Å². The molecule has 0 heterocycles. The van der Waals surface area contributed by atoms with Crippen LogP contribution in [0, 0.1) is 20.8 Å². The van der Waals surface area contributed by atoms with E-state index in [4.69, 9.17) is 9.84 Å². The van der Waals surface area contributed by atoms with Crippen molar-refractivity contribution in [2.45, 2.75) is 47.1 Å². The molecular weight excluding hydrogens is 284 g/mol. The number of carboxylic acid groups (broad SMARTS) is 1. The van der Waals surface area contributed by atoms with Gasteiger partial charge in [-0.05, 0) is 52.7 Å². The van der Waals surface area contributed by atoms with Gasteiger partial charge in [-0.3, -0.25) is 10.1 Å². The zero-order valence-electron chi connectivity index (χ0n) is 14.1. The largest absolute Gasteiger partial charge is 0.480 e. The lowest BCUT2D eigenvalue weighted by Gasteiger charge is -2.21. The summed E-state index contributed by atoms with van der Waals surface area (Å²) in [5.41, 5.74) is 8.22. The first-order chi connectivity index (χ1) is 9.96. The van der Waals surface area contributed by atoms with E-state index < -0.39 is 17.7 Å². The first-order valence-electron chi connectivity index (χ1n) is 6.96. The molecule has 0 aromatic heterocycles. The fourth-order valence-electron chi connectivity index (χ4n) is 1.78. The third-order valence-corrected chi connectivity index (χ3v) is 2.48. The molecule has 0 aliphatic rings. The molecule has 0 radical (unpaired) electrons. The number of hydrogen-bond acceptors (Lipinski definition) is 4. The minimum absolute atomic E-state index is 0.278. The Morgan fingerprint density at radius 2 is 1.59 bits per heavy atom. The topological polar surface area (TPSA) is 102 Å². The molecule has 0 fully saturated rings. The SMILES string of the molecule is Cc1cc(C)c(NC(=O)OC(C)(C)C)c(C)c1.NCC(=O)O. The smallest absolute Gasteiger partial charge is 0.412 e. The lowest BCUT2D eigenvalue weighted by atomic mass is 10.1. The molecular formula is C16H26N2O4. The number of hydrogen-bond donors (Lipinski definition) is 3. The fraction of sp³-hybridized carbons (Fsp3) is 0.500. The van der Waals surface area contributed by atoms with Gasteiger partial charge in [0.1, 0.15) is 5.60 Å².